The van der Waals surface area contributed by atoms with Gasteiger partial charge in [0.1, 0.15) is 5.82 Å². The maximum Gasteiger partial charge on any atom is 0.161 e. The number of nitrogens with zero attached hydrogens (tertiary/aromatic N) is 2. The first-order valence-electron chi connectivity index (χ1n) is 6.08. The molecule has 3 N–H and O–H groups in total. The second-order valence-electron chi connectivity index (χ2n) is 4.40. The van der Waals surface area contributed by atoms with Gasteiger partial charge in [-0.2, -0.15) is 0 Å². The first-order chi connectivity index (χ1) is 9.69. The minimum Gasteiger partial charge on any atom is -0.376 e. The Hall–Kier alpha value is -2.12. The topological polar surface area (TPSA) is 73.1 Å². The maximum atomic E-state index is 13.3. The largest absolute Gasteiger partial charge is 0.376 e. The molecule has 7 heteroatoms. The smallest absolute Gasteiger partial charge is 0.161 e. The van der Waals surface area contributed by atoms with Crippen LogP contribution in [0.3, 0.4) is 0 Å². The van der Waals surface area contributed by atoms with Crippen molar-refractivity contribution < 1.29 is 13.5 Å². The lowest BCUT2D eigenvalue weighted by Crippen LogP contribution is -2.19. The van der Waals surface area contributed by atoms with E-state index in [2.05, 4.69) is 15.4 Å². The zero-order valence-corrected chi connectivity index (χ0v) is 10.5. The van der Waals surface area contributed by atoms with E-state index in [-0.39, 0.29) is 0 Å². The van der Waals surface area contributed by atoms with Crippen molar-refractivity contribution in [2.75, 3.05) is 12.0 Å². The van der Waals surface area contributed by atoms with Gasteiger partial charge in [0, 0.05) is 17.5 Å². The molecule has 0 atom stereocenters. The summed E-state index contributed by atoms with van der Waals surface area (Å²) in [5.74, 6) is 4.35. The molecule has 1 aliphatic rings. The number of rotatable bonds is 2. The number of anilines is 1. The van der Waals surface area contributed by atoms with Crippen molar-refractivity contribution >= 4 is 5.82 Å². The van der Waals surface area contributed by atoms with Crippen molar-refractivity contribution in [3.63, 3.8) is 0 Å². The normalized spacial score (nSPS) is 13.9. The summed E-state index contributed by atoms with van der Waals surface area (Å²) in [6, 6.07) is 3.54. The number of nitrogens with two attached hydrogens (primary N) is 1. The fourth-order valence-electron chi connectivity index (χ4n) is 2.12. The lowest BCUT2D eigenvalue weighted by Gasteiger charge is -2.19. The van der Waals surface area contributed by atoms with E-state index >= 15 is 0 Å². The fraction of sp³-hybridized carbons (Fsp3) is 0.231. The van der Waals surface area contributed by atoms with Crippen molar-refractivity contribution in [2.24, 2.45) is 5.84 Å². The Morgan fingerprint density at radius 3 is 2.80 bits per heavy atom. The SMILES string of the molecule is NNc1nc(-c2ccc(F)c(F)c2)nc2c1COCC2. The summed E-state index contributed by atoms with van der Waals surface area (Å²) in [5, 5.41) is 0. The van der Waals surface area contributed by atoms with Gasteiger partial charge in [-0.05, 0) is 18.2 Å². The number of benzene rings is 1. The van der Waals surface area contributed by atoms with E-state index < -0.39 is 11.6 Å². The number of hydrazine groups is 1. The quantitative estimate of drug-likeness (QED) is 0.647. The molecule has 1 aromatic carbocycles. The molecule has 104 valence electrons. The number of fused-ring (bicyclic) bond motifs is 1. The molecule has 0 aliphatic carbocycles. The summed E-state index contributed by atoms with van der Waals surface area (Å²) in [5.41, 5.74) is 4.49. The van der Waals surface area contributed by atoms with Gasteiger partial charge in [-0.3, -0.25) is 0 Å². The third-order valence-corrected chi connectivity index (χ3v) is 3.14. The van der Waals surface area contributed by atoms with Crippen LogP contribution in [0.25, 0.3) is 11.4 Å². The zero-order valence-electron chi connectivity index (χ0n) is 10.5. The Kier molecular flexibility index (Phi) is 3.29. The summed E-state index contributed by atoms with van der Waals surface area (Å²) in [7, 11) is 0. The van der Waals surface area contributed by atoms with E-state index in [1.807, 2.05) is 0 Å². The standard InChI is InChI=1S/C13H12F2N4O/c14-9-2-1-7(5-10(9)15)12-17-11-3-4-20-6-8(11)13(18-12)19-16/h1-2,5H,3-4,6,16H2,(H,17,18,19). The highest BCUT2D eigenvalue weighted by atomic mass is 19.2. The highest BCUT2D eigenvalue weighted by Gasteiger charge is 2.19. The lowest BCUT2D eigenvalue weighted by atomic mass is 10.1. The first kappa shape index (κ1) is 12.9. The van der Waals surface area contributed by atoms with Crippen molar-refractivity contribution in [1.82, 2.24) is 9.97 Å². The van der Waals surface area contributed by atoms with Crippen LogP contribution in [0.1, 0.15) is 11.3 Å². The summed E-state index contributed by atoms with van der Waals surface area (Å²) >= 11 is 0. The molecular weight excluding hydrogens is 266 g/mol. The lowest BCUT2D eigenvalue weighted by molar-refractivity contribution is 0.109. The second-order valence-corrected chi connectivity index (χ2v) is 4.40. The molecule has 0 radical (unpaired) electrons. The molecule has 0 amide bonds. The molecule has 0 bridgehead atoms. The average molecular weight is 278 g/mol. The molecule has 1 aliphatic heterocycles. The van der Waals surface area contributed by atoms with E-state index in [0.717, 1.165) is 23.4 Å². The molecule has 1 aromatic heterocycles. The van der Waals surface area contributed by atoms with Gasteiger partial charge < -0.3 is 10.2 Å². The van der Waals surface area contributed by atoms with Crippen LogP contribution in [-0.4, -0.2) is 16.6 Å². The number of aromatic nitrogens is 2. The molecule has 0 saturated heterocycles. The number of ether oxygens (including phenoxy) is 1. The van der Waals surface area contributed by atoms with Crippen molar-refractivity contribution in [3.8, 4) is 11.4 Å². The Balaban J connectivity index is 2.11. The molecule has 0 spiro atoms. The van der Waals surface area contributed by atoms with Gasteiger partial charge in [-0.15, -0.1) is 0 Å². The second kappa shape index (κ2) is 5.10. The minimum absolute atomic E-state index is 0.303. The van der Waals surface area contributed by atoms with E-state index in [1.54, 1.807) is 0 Å². The Bertz CT molecular complexity index is 646. The van der Waals surface area contributed by atoms with Gasteiger partial charge in [-0.25, -0.2) is 24.6 Å². The van der Waals surface area contributed by atoms with Gasteiger partial charge in [0.2, 0.25) is 0 Å². The fourth-order valence-corrected chi connectivity index (χ4v) is 2.12. The van der Waals surface area contributed by atoms with Gasteiger partial charge in [0.05, 0.1) is 18.9 Å². The van der Waals surface area contributed by atoms with E-state index in [1.165, 1.54) is 6.07 Å². The summed E-state index contributed by atoms with van der Waals surface area (Å²) in [6.45, 7) is 0.943. The van der Waals surface area contributed by atoms with Crippen LogP contribution in [0, 0.1) is 11.6 Å². The number of nitrogen functional groups attached to an aromatic ring is 1. The molecule has 0 saturated carbocycles. The van der Waals surface area contributed by atoms with Gasteiger partial charge in [0.25, 0.3) is 0 Å². The molecule has 0 fully saturated rings. The Labute approximate surface area is 113 Å². The van der Waals surface area contributed by atoms with Crippen LogP contribution >= 0.6 is 0 Å². The van der Waals surface area contributed by atoms with Crippen molar-refractivity contribution in [2.45, 2.75) is 13.0 Å². The molecular formula is C13H12F2N4O. The van der Waals surface area contributed by atoms with Crippen LogP contribution < -0.4 is 11.3 Å². The van der Waals surface area contributed by atoms with Gasteiger partial charge in [0.15, 0.2) is 17.5 Å². The number of hydrogen-bond donors (Lipinski definition) is 2. The Morgan fingerprint density at radius 1 is 1.20 bits per heavy atom. The van der Waals surface area contributed by atoms with Crippen molar-refractivity contribution in [1.29, 1.82) is 0 Å². The highest BCUT2D eigenvalue weighted by molar-refractivity contribution is 5.60. The third kappa shape index (κ3) is 2.21. The number of halogens is 2. The van der Waals surface area contributed by atoms with Crippen LogP contribution in [0.4, 0.5) is 14.6 Å². The summed E-state index contributed by atoms with van der Waals surface area (Å²) < 4.78 is 31.6. The van der Waals surface area contributed by atoms with Crippen molar-refractivity contribution in [3.05, 3.63) is 41.1 Å². The Morgan fingerprint density at radius 2 is 2.05 bits per heavy atom. The van der Waals surface area contributed by atoms with Gasteiger partial charge >= 0.3 is 0 Å². The van der Waals surface area contributed by atoms with Crippen LogP contribution in [0.5, 0.6) is 0 Å². The van der Waals surface area contributed by atoms with Gasteiger partial charge in [-0.1, -0.05) is 0 Å². The monoisotopic (exact) mass is 278 g/mol. The molecule has 2 heterocycles. The third-order valence-electron chi connectivity index (χ3n) is 3.14. The minimum atomic E-state index is -0.936. The highest BCUT2D eigenvalue weighted by Crippen LogP contribution is 2.26. The zero-order chi connectivity index (χ0) is 14.1. The number of hydrogen-bond acceptors (Lipinski definition) is 5. The average Bonchev–Trinajstić information content (AvgIpc) is 2.49. The molecule has 0 unspecified atom stereocenters. The van der Waals surface area contributed by atoms with Crippen LogP contribution in [-0.2, 0) is 17.8 Å². The van der Waals surface area contributed by atoms with E-state index in [9.17, 15) is 8.78 Å². The van der Waals surface area contributed by atoms with E-state index in [4.69, 9.17) is 10.6 Å². The first-order valence-corrected chi connectivity index (χ1v) is 6.08. The van der Waals surface area contributed by atoms with Crippen LogP contribution in [0.2, 0.25) is 0 Å². The molecule has 5 nitrogen and oxygen atoms in total. The predicted molar refractivity (Wildman–Crippen MR) is 68.6 cm³/mol. The van der Waals surface area contributed by atoms with E-state index in [0.29, 0.717) is 36.8 Å². The summed E-state index contributed by atoms with van der Waals surface area (Å²) in [6.07, 6.45) is 0.628. The predicted octanol–water partition coefficient (Wildman–Crippen LogP) is 1.78. The molecule has 20 heavy (non-hydrogen) atoms. The molecule has 2 aromatic rings. The van der Waals surface area contributed by atoms with Crippen LogP contribution in [0.15, 0.2) is 18.2 Å². The molecule has 3 rings (SSSR count). The number of nitrogens with one attached hydrogen (secondary N) is 1. The summed E-state index contributed by atoms with van der Waals surface area (Å²) in [4.78, 5) is 8.62. The maximum absolute atomic E-state index is 13.3.